The van der Waals surface area contributed by atoms with Crippen molar-refractivity contribution in [3.05, 3.63) is 23.9 Å². The van der Waals surface area contributed by atoms with Crippen LogP contribution < -0.4 is 10.6 Å². The zero-order valence-electron chi connectivity index (χ0n) is 10.3. The quantitative estimate of drug-likeness (QED) is 0.749. The first-order valence-electron chi connectivity index (χ1n) is 5.70. The van der Waals surface area contributed by atoms with Crippen LogP contribution in [0.2, 0.25) is 0 Å². The van der Waals surface area contributed by atoms with Crippen LogP contribution >= 0.6 is 12.2 Å². The van der Waals surface area contributed by atoms with E-state index < -0.39 is 0 Å². The molecule has 0 aliphatic rings. The van der Waals surface area contributed by atoms with Crippen molar-refractivity contribution in [3.8, 4) is 0 Å². The fourth-order valence-corrected chi connectivity index (χ4v) is 1.71. The predicted octanol–water partition coefficient (Wildman–Crippen LogP) is 1.31. The van der Waals surface area contributed by atoms with Gasteiger partial charge in [-0.3, -0.25) is 0 Å². The Kier molecular flexibility index (Phi) is 5.31. The van der Waals surface area contributed by atoms with E-state index in [4.69, 9.17) is 23.1 Å². The van der Waals surface area contributed by atoms with Gasteiger partial charge in [0.2, 0.25) is 0 Å². The molecular formula is C12H19N3OS. The topological polar surface area (TPSA) is 62.4 Å². The zero-order chi connectivity index (χ0) is 12.8. The summed E-state index contributed by atoms with van der Waals surface area (Å²) in [5.41, 5.74) is 6.20. The Labute approximate surface area is 107 Å². The molecule has 17 heavy (non-hydrogen) atoms. The summed E-state index contributed by atoms with van der Waals surface area (Å²) in [6, 6.07) is 5.94. The van der Waals surface area contributed by atoms with Gasteiger partial charge in [-0.05, 0) is 32.4 Å². The number of thiocarbonyl (C=S) groups is 1. The summed E-state index contributed by atoms with van der Waals surface area (Å²) < 4.78 is 0. The van der Waals surface area contributed by atoms with Crippen molar-refractivity contribution >= 4 is 23.0 Å². The molecule has 1 aromatic heterocycles. The second-order valence-electron chi connectivity index (χ2n) is 4.11. The van der Waals surface area contributed by atoms with Crippen LogP contribution in [-0.2, 0) is 0 Å². The molecule has 0 radical (unpaired) electrons. The van der Waals surface area contributed by atoms with Crippen molar-refractivity contribution in [1.82, 2.24) is 4.98 Å². The minimum atomic E-state index is 0.179. The van der Waals surface area contributed by atoms with Crippen molar-refractivity contribution < 1.29 is 5.11 Å². The number of nitrogens with zero attached hydrogens (tertiary/aromatic N) is 2. The third kappa shape index (κ3) is 3.94. The first-order valence-corrected chi connectivity index (χ1v) is 6.11. The van der Waals surface area contributed by atoms with Gasteiger partial charge in [-0.1, -0.05) is 18.3 Å². The molecule has 0 fully saturated rings. The second-order valence-corrected chi connectivity index (χ2v) is 4.55. The summed E-state index contributed by atoms with van der Waals surface area (Å²) in [5.74, 6) is 0.846. The third-order valence-corrected chi connectivity index (χ3v) is 2.67. The number of rotatable bonds is 6. The monoisotopic (exact) mass is 253 g/mol. The van der Waals surface area contributed by atoms with Crippen LogP contribution in [0.4, 0.5) is 5.82 Å². The number of aromatic nitrogens is 1. The van der Waals surface area contributed by atoms with E-state index in [0.29, 0.717) is 16.7 Å². The third-order valence-electron chi connectivity index (χ3n) is 2.46. The summed E-state index contributed by atoms with van der Waals surface area (Å²) >= 11 is 4.92. The van der Waals surface area contributed by atoms with Gasteiger partial charge in [-0.2, -0.15) is 0 Å². The number of nitrogens with two attached hydrogens (primary N) is 1. The van der Waals surface area contributed by atoms with Gasteiger partial charge in [-0.15, -0.1) is 0 Å². The van der Waals surface area contributed by atoms with E-state index in [-0.39, 0.29) is 6.61 Å². The highest BCUT2D eigenvalue weighted by atomic mass is 32.1. The van der Waals surface area contributed by atoms with Crippen molar-refractivity contribution in [2.45, 2.75) is 26.3 Å². The molecule has 4 nitrogen and oxygen atoms in total. The first-order chi connectivity index (χ1) is 8.06. The Morgan fingerprint density at radius 2 is 2.24 bits per heavy atom. The minimum Gasteiger partial charge on any atom is -0.396 e. The lowest BCUT2D eigenvalue weighted by Crippen LogP contribution is -2.33. The molecule has 0 saturated carbocycles. The Morgan fingerprint density at radius 1 is 1.53 bits per heavy atom. The van der Waals surface area contributed by atoms with Crippen LogP contribution in [0.3, 0.4) is 0 Å². The summed E-state index contributed by atoms with van der Waals surface area (Å²) in [7, 11) is 0. The molecule has 1 heterocycles. The predicted molar refractivity (Wildman–Crippen MR) is 74.3 cm³/mol. The fraction of sp³-hybridized carbons (Fsp3) is 0.500. The molecule has 0 atom stereocenters. The molecule has 0 aliphatic carbocycles. The highest BCUT2D eigenvalue weighted by Gasteiger charge is 2.12. The lowest BCUT2D eigenvalue weighted by atomic mass is 10.2. The summed E-state index contributed by atoms with van der Waals surface area (Å²) in [4.78, 5) is 6.85. The molecule has 0 saturated heterocycles. The maximum Gasteiger partial charge on any atom is 0.129 e. The first kappa shape index (κ1) is 13.9. The largest absolute Gasteiger partial charge is 0.396 e. The lowest BCUT2D eigenvalue weighted by molar-refractivity contribution is 0.288. The molecule has 1 rings (SSSR count). The van der Waals surface area contributed by atoms with Crippen LogP contribution in [-0.4, -0.2) is 34.3 Å². The normalized spacial score (nSPS) is 10.6. The van der Waals surface area contributed by atoms with Crippen molar-refractivity contribution in [2.75, 3.05) is 18.1 Å². The molecule has 0 bridgehead atoms. The Hall–Kier alpha value is -1.20. The van der Waals surface area contributed by atoms with Crippen LogP contribution in [0.1, 0.15) is 26.0 Å². The molecule has 0 unspecified atom stereocenters. The Morgan fingerprint density at radius 3 is 2.76 bits per heavy atom. The highest BCUT2D eigenvalue weighted by Crippen LogP contribution is 2.15. The molecular weight excluding hydrogens is 234 g/mol. The number of hydrogen-bond acceptors (Lipinski definition) is 4. The van der Waals surface area contributed by atoms with Crippen LogP contribution in [0.25, 0.3) is 0 Å². The summed E-state index contributed by atoms with van der Waals surface area (Å²) in [6.45, 7) is 5.12. The van der Waals surface area contributed by atoms with Crippen molar-refractivity contribution in [1.29, 1.82) is 0 Å². The fourth-order valence-electron chi connectivity index (χ4n) is 1.60. The van der Waals surface area contributed by atoms with Crippen LogP contribution in [0.15, 0.2) is 18.2 Å². The van der Waals surface area contributed by atoms with E-state index in [1.165, 1.54) is 0 Å². The Bertz CT molecular complexity index is 382. The molecule has 0 aromatic carbocycles. The van der Waals surface area contributed by atoms with Gasteiger partial charge in [0.05, 0.1) is 5.69 Å². The van der Waals surface area contributed by atoms with Gasteiger partial charge in [-0.25, -0.2) is 4.98 Å². The van der Waals surface area contributed by atoms with Gasteiger partial charge in [0.25, 0.3) is 0 Å². The smallest absolute Gasteiger partial charge is 0.129 e. The van der Waals surface area contributed by atoms with Gasteiger partial charge >= 0.3 is 0 Å². The number of hydrogen-bond donors (Lipinski definition) is 2. The van der Waals surface area contributed by atoms with Crippen molar-refractivity contribution in [3.63, 3.8) is 0 Å². The van der Waals surface area contributed by atoms with E-state index in [2.05, 4.69) is 23.7 Å². The maximum atomic E-state index is 8.90. The van der Waals surface area contributed by atoms with E-state index in [0.717, 1.165) is 18.8 Å². The molecule has 0 aliphatic heterocycles. The van der Waals surface area contributed by atoms with E-state index >= 15 is 0 Å². The molecule has 1 aromatic rings. The SMILES string of the molecule is CC(C)N(CCCO)c1cccc(C(N)=S)n1. The van der Waals surface area contributed by atoms with Crippen LogP contribution in [0.5, 0.6) is 0 Å². The lowest BCUT2D eigenvalue weighted by Gasteiger charge is -2.27. The Balaban J connectivity index is 2.93. The molecule has 0 spiro atoms. The van der Waals surface area contributed by atoms with Crippen LogP contribution in [0, 0.1) is 0 Å². The number of aliphatic hydroxyl groups is 1. The maximum absolute atomic E-state index is 8.90. The molecule has 94 valence electrons. The summed E-state index contributed by atoms with van der Waals surface area (Å²) in [6.07, 6.45) is 0.719. The average molecular weight is 253 g/mol. The average Bonchev–Trinajstić information content (AvgIpc) is 2.29. The molecule has 0 amide bonds. The van der Waals surface area contributed by atoms with Gasteiger partial charge < -0.3 is 15.7 Å². The minimum absolute atomic E-state index is 0.179. The summed E-state index contributed by atoms with van der Waals surface area (Å²) in [5, 5.41) is 8.90. The van der Waals surface area contributed by atoms with E-state index in [1.807, 2.05) is 12.1 Å². The number of anilines is 1. The molecule has 5 heteroatoms. The standard InChI is InChI=1S/C12H19N3OS/c1-9(2)15(7-4-8-16)11-6-3-5-10(14-11)12(13)17/h3,5-6,9,16H,4,7-8H2,1-2H3,(H2,13,17). The van der Waals surface area contributed by atoms with Crippen molar-refractivity contribution in [2.24, 2.45) is 5.73 Å². The van der Waals surface area contributed by atoms with Gasteiger partial charge in [0.15, 0.2) is 0 Å². The number of pyridine rings is 1. The highest BCUT2D eigenvalue weighted by molar-refractivity contribution is 7.80. The second kappa shape index (κ2) is 6.51. The molecule has 3 N–H and O–H groups in total. The zero-order valence-corrected chi connectivity index (χ0v) is 11.1. The van der Waals surface area contributed by atoms with E-state index in [9.17, 15) is 0 Å². The number of aliphatic hydroxyl groups excluding tert-OH is 1. The van der Waals surface area contributed by atoms with Gasteiger partial charge in [0, 0.05) is 19.2 Å². The van der Waals surface area contributed by atoms with E-state index in [1.54, 1.807) is 6.07 Å². The van der Waals surface area contributed by atoms with Gasteiger partial charge in [0.1, 0.15) is 10.8 Å².